The van der Waals surface area contributed by atoms with E-state index in [2.05, 4.69) is 33.3 Å². The topological polar surface area (TPSA) is 71.3 Å². The minimum Gasteiger partial charge on any atom is -0.353 e. The number of likely N-dealkylation sites (tertiary alicyclic amines) is 1. The Kier molecular flexibility index (Phi) is 6.05. The van der Waals surface area contributed by atoms with Crippen LogP contribution in [0.25, 0.3) is 11.4 Å². The SMILES string of the molecule is Cc1ccccc1-c1noc(CN2CCC(C(=O)NC3CCCCC3)CC2)n1. The predicted molar refractivity (Wildman–Crippen MR) is 107 cm³/mol. The number of benzene rings is 1. The van der Waals surface area contributed by atoms with Crippen molar-refractivity contribution in [2.75, 3.05) is 13.1 Å². The number of carbonyl (C=O) groups excluding carboxylic acids is 1. The van der Waals surface area contributed by atoms with Crippen LogP contribution in [0.4, 0.5) is 0 Å². The predicted octanol–water partition coefficient (Wildman–Crippen LogP) is 3.71. The molecule has 1 aromatic carbocycles. The average Bonchev–Trinajstić information content (AvgIpc) is 3.18. The summed E-state index contributed by atoms with van der Waals surface area (Å²) < 4.78 is 5.47. The van der Waals surface area contributed by atoms with Crippen LogP contribution in [0.15, 0.2) is 28.8 Å². The normalized spacial score (nSPS) is 19.6. The van der Waals surface area contributed by atoms with Gasteiger partial charge in [0.2, 0.25) is 17.6 Å². The Morgan fingerprint density at radius 1 is 1.14 bits per heavy atom. The quantitative estimate of drug-likeness (QED) is 0.854. The molecule has 1 saturated carbocycles. The Morgan fingerprint density at radius 2 is 1.89 bits per heavy atom. The van der Waals surface area contributed by atoms with Crippen LogP contribution in [0.2, 0.25) is 0 Å². The van der Waals surface area contributed by atoms with Crippen LogP contribution >= 0.6 is 0 Å². The van der Waals surface area contributed by atoms with E-state index in [9.17, 15) is 4.79 Å². The van der Waals surface area contributed by atoms with E-state index in [1.54, 1.807) is 0 Å². The highest BCUT2D eigenvalue weighted by Gasteiger charge is 2.27. The van der Waals surface area contributed by atoms with E-state index in [-0.39, 0.29) is 11.8 Å². The van der Waals surface area contributed by atoms with E-state index in [1.165, 1.54) is 19.3 Å². The second-order valence-electron chi connectivity index (χ2n) is 8.22. The second-order valence-corrected chi connectivity index (χ2v) is 8.22. The third-order valence-corrected chi connectivity index (χ3v) is 6.12. The molecular weight excluding hydrogens is 352 g/mol. The van der Waals surface area contributed by atoms with Crippen molar-refractivity contribution >= 4 is 5.91 Å². The van der Waals surface area contributed by atoms with Crippen molar-refractivity contribution in [1.29, 1.82) is 0 Å². The number of rotatable bonds is 5. The molecule has 2 aliphatic rings. The van der Waals surface area contributed by atoms with Crippen molar-refractivity contribution in [2.24, 2.45) is 5.92 Å². The number of nitrogens with one attached hydrogen (secondary N) is 1. The molecule has 0 radical (unpaired) electrons. The Morgan fingerprint density at radius 3 is 2.64 bits per heavy atom. The highest BCUT2D eigenvalue weighted by molar-refractivity contribution is 5.79. The molecule has 6 heteroatoms. The Hall–Kier alpha value is -2.21. The zero-order chi connectivity index (χ0) is 19.3. The molecule has 28 heavy (non-hydrogen) atoms. The van der Waals surface area contributed by atoms with Gasteiger partial charge < -0.3 is 9.84 Å². The fourth-order valence-corrected chi connectivity index (χ4v) is 4.36. The molecule has 0 unspecified atom stereocenters. The molecule has 4 rings (SSSR count). The Bertz CT molecular complexity index is 789. The van der Waals surface area contributed by atoms with Crippen molar-refractivity contribution in [1.82, 2.24) is 20.4 Å². The maximum Gasteiger partial charge on any atom is 0.241 e. The number of piperidine rings is 1. The lowest BCUT2D eigenvalue weighted by atomic mass is 9.92. The average molecular weight is 383 g/mol. The van der Waals surface area contributed by atoms with Crippen molar-refractivity contribution in [3.8, 4) is 11.4 Å². The lowest BCUT2D eigenvalue weighted by Gasteiger charge is -2.32. The van der Waals surface area contributed by atoms with Gasteiger partial charge >= 0.3 is 0 Å². The fraction of sp³-hybridized carbons (Fsp3) is 0.591. The third kappa shape index (κ3) is 4.61. The van der Waals surface area contributed by atoms with E-state index < -0.39 is 0 Å². The number of aromatic nitrogens is 2. The lowest BCUT2D eigenvalue weighted by molar-refractivity contribution is -0.127. The van der Waals surface area contributed by atoms with Crippen LogP contribution in [0.3, 0.4) is 0 Å². The largest absolute Gasteiger partial charge is 0.353 e. The van der Waals surface area contributed by atoms with Crippen molar-refractivity contribution in [2.45, 2.75) is 64.5 Å². The van der Waals surface area contributed by atoms with E-state index >= 15 is 0 Å². The van der Waals surface area contributed by atoms with E-state index in [0.29, 0.717) is 24.3 Å². The van der Waals surface area contributed by atoms with Gasteiger partial charge in [0.1, 0.15) is 0 Å². The highest BCUT2D eigenvalue weighted by atomic mass is 16.5. The van der Waals surface area contributed by atoms with Crippen molar-refractivity contribution in [3.63, 3.8) is 0 Å². The first-order valence-corrected chi connectivity index (χ1v) is 10.6. The summed E-state index contributed by atoms with van der Waals surface area (Å²) in [6.07, 6.45) is 7.90. The zero-order valence-electron chi connectivity index (χ0n) is 16.7. The van der Waals surface area contributed by atoms with E-state index in [4.69, 9.17) is 4.52 Å². The van der Waals surface area contributed by atoms with Crippen LogP contribution in [0.5, 0.6) is 0 Å². The van der Waals surface area contributed by atoms with Gasteiger partial charge in [-0.05, 0) is 51.3 Å². The Labute approximate surface area is 166 Å². The van der Waals surface area contributed by atoms with Gasteiger partial charge in [0.25, 0.3) is 0 Å². The summed E-state index contributed by atoms with van der Waals surface area (Å²) in [5.41, 5.74) is 2.15. The van der Waals surface area contributed by atoms with Crippen LogP contribution in [-0.2, 0) is 11.3 Å². The van der Waals surface area contributed by atoms with Gasteiger partial charge in [-0.3, -0.25) is 9.69 Å². The maximum absolute atomic E-state index is 12.6. The second kappa shape index (κ2) is 8.86. The summed E-state index contributed by atoms with van der Waals surface area (Å²) in [6, 6.07) is 8.46. The monoisotopic (exact) mass is 382 g/mol. The molecule has 0 bridgehead atoms. The van der Waals surface area contributed by atoms with Crippen LogP contribution in [0, 0.1) is 12.8 Å². The molecule has 2 aromatic rings. The summed E-state index contributed by atoms with van der Waals surface area (Å²) >= 11 is 0. The van der Waals surface area contributed by atoms with Gasteiger partial charge in [-0.1, -0.05) is 48.7 Å². The number of hydrogen-bond donors (Lipinski definition) is 1. The molecule has 0 spiro atoms. The number of aryl methyl sites for hydroxylation is 1. The molecule has 1 aliphatic carbocycles. The Balaban J connectivity index is 1.27. The maximum atomic E-state index is 12.6. The number of carbonyl (C=O) groups is 1. The number of hydrogen-bond acceptors (Lipinski definition) is 5. The van der Waals surface area contributed by atoms with Gasteiger partial charge in [-0.25, -0.2) is 0 Å². The van der Waals surface area contributed by atoms with Crippen LogP contribution < -0.4 is 5.32 Å². The smallest absolute Gasteiger partial charge is 0.241 e. The third-order valence-electron chi connectivity index (χ3n) is 6.12. The fourth-order valence-electron chi connectivity index (χ4n) is 4.36. The molecule has 150 valence electrons. The van der Waals surface area contributed by atoms with Crippen molar-refractivity contribution in [3.05, 3.63) is 35.7 Å². The van der Waals surface area contributed by atoms with Gasteiger partial charge in [0, 0.05) is 17.5 Å². The summed E-state index contributed by atoms with van der Waals surface area (Å²) in [4.78, 5) is 19.4. The molecule has 2 fully saturated rings. The molecule has 1 aromatic heterocycles. The molecule has 2 heterocycles. The zero-order valence-corrected chi connectivity index (χ0v) is 16.7. The van der Waals surface area contributed by atoms with Crippen LogP contribution in [-0.4, -0.2) is 40.1 Å². The first-order valence-electron chi connectivity index (χ1n) is 10.6. The van der Waals surface area contributed by atoms with E-state index in [1.807, 2.05) is 18.2 Å². The standard InChI is InChI=1S/C22H30N4O2/c1-16-7-5-6-10-19(16)21-24-20(28-25-21)15-26-13-11-17(12-14-26)22(27)23-18-8-3-2-4-9-18/h5-7,10,17-18H,2-4,8-9,11-15H2,1H3,(H,23,27). The van der Waals surface area contributed by atoms with Gasteiger partial charge in [-0.2, -0.15) is 4.98 Å². The molecule has 1 amide bonds. The number of amides is 1. The molecule has 1 aliphatic heterocycles. The first kappa shape index (κ1) is 19.1. The molecule has 1 N–H and O–H groups in total. The minimum absolute atomic E-state index is 0.142. The van der Waals surface area contributed by atoms with Gasteiger partial charge in [0.05, 0.1) is 6.54 Å². The molecule has 6 nitrogen and oxygen atoms in total. The highest BCUT2D eigenvalue weighted by Crippen LogP contribution is 2.23. The van der Waals surface area contributed by atoms with E-state index in [0.717, 1.165) is 49.9 Å². The van der Waals surface area contributed by atoms with Crippen molar-refractivity contribution < 1.29 is 9.32 Å². The summed E-state index contributed by atoms with van der Waals surface area (Å²) in [5.74, 6) is 1.69. The summed E-state index contributed by atoms with van der Waals surface area (Å²) in [7, 11) is 0. The number of nitrogens with zero attached hydrogens (tertiary/aromatic N) is 3. The lowest BCUT2D eigenvalue weighted by Crippen LogP contribution is -2.44. The first-order chi connectivity index (χ1) is 13.7. The van der Waals surface area contributed by atoms with Crippen LogP contribution in [0.1, 0.15) is 56.4 Å². The minimum atomic E-state index is 0.142. The molecule has 0 atom stereocenters. The summed E-state index contributed by atoms with van der Waals surface area (Å²) in [5, 5.41) is 7.43. The molecule has 1 saturated heterocycles. The summed E-state index contributed by atoms with van der Waals surface area (Å²) in [6.45, 7) is 4.49. The van der Waals surface area contributed by atoms with Gasteiger partial charge in [0.15, 0.2) is 0 Å². The molecular formula is C22H30N4O2. The van der Waals surface area contributed by atoms with Gasteiger partial charge in [-0.15, -0.1) is 0 Å².